The number of anilines is 1. The smallest absolute Gasteiger partial charge is 0.339 e. The molecule has 1 fully saturated rings. The number of methoxy groups -OCH3 is 1. The van der Waals surface area contributed by atoms with Gasteiger partial charge in [0.05, 0.1) is 37.3 Å². The molecule has 0 radical (unpaired) electrons. The van der Waals surface area contributed by atoms with Gasteiger partial charge in [-0.1, -0.05) is 23.9 Å². The summed E-state index contributed by atoms with van der Waals surface area (Å²) >= 11 is 1.24. The number of esters is 1. The Morgan fingerprint density at radius 2 is 1.83 bits per heavy atom. The number of hydrogen-bond acceptors (Lipinski definition) is 8. The zero-order valence-electron chi connectivity index (χ0n) is 19.3. The first-order valence-electron chi connectivity index (χ1n) is 11.1. The normalized spacial score (nSPS) is 14.0. The Morgan fingerprint density at radius 3 is 2.57 bits per heavy atom. The molecular weight excluding hydrogens is 473 g/mol. The summed E-state index contributed by atoms with van der Waals surface area (Å²) in [7, 11) is 1.29. The van der Waals surface area contributed by atoms with E-state index in [1.807, 2.05) is 4.57 Å². The van der Waals surface area contributed by atoms with Gasteiger partial charge in [0, 0.05) is 31.7 Å². The minimum absolute atomic E-state index is 0.0641. The maximum atomic E-state index is 13.4. The van der Waals surface area contributed by atoms with Crippen LogP contribution in [0, 0.1) is 5.82 Å². The molecule has 1 N–H and O–H groups in total. The van der Waals surface area contributed by atoms with E-state index in [0.29, 0.717) is 36.4 Å². The number of ether oxygens (including phenoxy) is 2. The molecule has 9 nitrogen and oxygen atoms in total. The number of amides is 1. The van der Waals surface area contributed by atoms with E-state index in [1.54, 1.807) is 36.4 Å². The van der Waals surface area contributed by atoms with Crippen LogP contribution in [-0.4, -0.2) is 77.3 Å². The van der Waals surface area contributed by atoms with Gasteiger partial charge in [0.15, 0.2) is 11.0 Å². The second-order valence-electron chi connectivity index (χ2n) is 7.79. The number of thioether (sulfide) groups is 1. The fourth-order valence-corrected chi connectivity index (χ4v) is 4.44. The molecule has 1 amide bonds. The molecule has 11 heteroatoms. The van der Waals surface area contributed by atoms with Crippen molar-refractivity contribution >= 4 is 29.3 Å². The van der Waals surface area contributed by atoms with Crippen LogP contribution in [0.4, 0.5) is 10.1 Å². The summed E-state index contributed by atoms with van der Waals surface area (Å²) in [6, 6.07) is 12.8. The Balaban J connectivity index is 1.48. The number of halogens is 1. The molecule has 0 bridgehead atoms. The summed E-state index contributed by atoms with van der Waals surface area (Å²) in [6.07, 6.45) is 0. The van der Waals surface area contributed by atoms with E-state index in [1.165, 1.54) is 31.0 Å². The fourth-order valence-electron chi connectivity index (χ4n) is 3.67. The first-order valence-corrected chi connectivity index (χ1v) is 12.1. The monoisotopic (exact) mass is 499 g/mol. The third-order valence-electron chi connectivity index (χ3n) is 5.50. The Morgan fingerprint density at radius 1 is 1.09 bits per heavy atom. The van der Waals surface area contributed by atoms with E-state index in [0.717, 1.165) is 25.2 Å². The Labute approximate surface area is 206 Å². The van der Waals surface area contributed by atoms with Crippen LogP contribution in [-0.2, 0) is 20.8 Å². The number of nitrogens with zero attached hydrogens (tertiary/aromatic N) is 4. The second kappa shape index (κ2) is 11.9. The number of carbonyl (C=O) groups is 2. The molecule has 0 unspecified atom stereocenters. The molecule has 1 aromatic heterocycles. The van der Waals surface area contributed by atoms with Crippen LogP contribution >= 0.6 is 11.8 Å². The average molecular weight is 500 g/mol. The number of morpholine rings is 1. The predicted octanol–water partition coefficient (Wildman–Crippen LogP) is 2.93. The number of nitrogens with one attached hydrogen (secondary N) is 1. The van der Waals surface area contributed by atoms with Crippen LogP contribution < -0.4 is 5.32 Å². The molecule has 0 saturated carbocycles. The molecule has 3 aromatic rings. The van der Waals surface area contributed by atoms with Gasteiger partial charge in [-0.2, -0.15) is 0 Å². The van der Waals surface area contributed by atoms with Gasteiger partial charge < -0.3 is 19.4 Å². The van der Waals surface area contributed by atoms with Crippen molar-refractivity contribution in [2.45, 2.75) is 11.7 Å². The van der Waals surface area contributed by atoms with Crippen molar-refractivity contribution in [1.29, 1.82) is 0 Å². The maximum absolute atomic E-state index is 13.4. The van der Waals surface area contributed by atoms with Crippen molar-refractivity contribution < 1.29 is 23.5 Å². The van der Waals surface area contributed by atoms with Crippen molar-refractivity contribution in [3.63, 3.8) is 0 Å². The minimum Gasteiger partial charge on any atom is -0.465 e. The third-order valence-corrected chi connectivity index (χ3v) is 6.47. The fraction of sp³-hybridized carbons (Fsp3) is 0.333. The van der Waals surface area contributed by atoms with Gasteiger partial charge in [-0.15, -0.1) is 10.2 Å². The lowest BCUT2D eigenvalue weighted by molar-refractivity contribution is -0.113. The molecular formula is C24H26FN5O4S. The quantitative estimate of drug-likeness (QED) is 0.355. The minimum atomic E-state index is -0.527. The molecule has 0 atom stereocenters. The first kappa shape index (κ1) is 24.8. The summed E-state index contributed by atoms with van der Waals surface area (Å²) in [5, 5.41) is 12.0. The lowest BCUT2D eigenvalue weighted by Gasteiger charge is -2.27. The highest BCUT2D eigenvalue weighted by Gasteiger charge is 2.19. The van der Waals surface area contributed by atoms with Crippen LogP contribution in [0.25, 0.3) is 11.4 Å². The van der Waals surface area contributed by atoms with Crippen molar-refractivity contribution in [3.05, 3.63) is 59.9 Å². The molecule has 0 spiro atoms. The highest BCUT2D eigenvalue weighted by atomic mass is 32.2. The molecule has 1 aliphatic rings. The number of hydrogen-bond donors (Lipinski definition) is 1. The SMILES string of the molecule is COC(=O)c1ccccc1NC(=O)CSc1nnc(-c2ccc(F)cc2)n1CCN1CCOCC1. The third kappa shape index (κ3) is 6.44. The Bertz CT molecular complexity index is 1160. The summed E-state index contributed by atoms with van der Waals surface area (Å²) in [4.78, 5) is 26.9. The van der Waals surface area contributed by atoms with E-state index in [9.17, 15) is 14.0 Å². The number of benzene rings is 2. The molecule has 2 aromatic carbocycles. The van der Waals surface area contributed by atoms with Gasteiger partial charge in [0.2, 0.25) is 5.91 Å². The average Bonchev–Trinajstić information content (AvgIpc) is 3.30. The number of rotatable bonds is 9. The Hall–Kier alpha value is -3.28. The summed E-state index contributed by atoms with van der Waals surface area (Å²) in [5.74, 6) is -0.476. The zero-order valence-corrected chi connectivity index (χ0v) is 20.1. The van der Waals surface area contributed by atoms with Crippen LogP contribution in [0.1, 0.15) is 10.4 Å². The topological polar surface area (TPSA) is 98.6 Å². The molecule has 35 heavy (non-hydrogen) atoms. The van der Waals surface area contributed by atoms with Gasteiger partial charge in [0.25, 0.3) is 0 Å². The summed E-state index contributed by atoms with van der Waals surface area (Å²) in [6.45, 7) is 4.46. The highest BCUT2D eigenvalue weighted by molar-refractivity contribution is 7.99. The number of para-hydroxylation sites is 1. The molecule has 0 aliphatic carbocycles. The largest absolute Gasteiger partial charge is 0.465 e. The van der Waals surface area contributed by atoms with E-state index in [2.05, 4.69) is 20.4 Å². The lowest BCUT2D eigenvalue weighted by Crippen LogP contribution is -2.38. The molecule has 4 rings (SSSR count). The van der Waals surface area contributed by atoms with Crippen molar-refractivity contribution in [2.75, 3.05) is 51.0 Å². The van der Waals surface area contributed by atoms with Gasteiger partial charge in [-0.3, -0.25) is 9.69 Å². The van der Waals surface area contributed by atoms with Crippen LogP contribution in [0.3, 0.4) is 0 Å². The van der Waals surface area contributed by atoms with E-state index >= 15 is 0 Å². The molecule has 184 valence electrons. The number of aromatic nitrogens is 3. The van der Waals surface area contributed by atoms with Crippen molar-refractivity contribution in [3.8, 4) is 11.4 Å². The first-order chi connectivity index (χ1) is 17.0. The van der Waals surface area contributed by atoms with Gasteiger partial charge in [-0.25, -0.2) is 9.18 Å². The van der Waals surface area contributed by atoms with E-state index < -0.39 is 5.97 Å². The van der Waals surface area contributed by atoms with Gasteiger partial charge in [0.1, 0.15) is 5.82 Å². The summed E-state index contributed by atoms with van der Waals surface area (Å²) in [5.41, 5.74) is 1.40. The number of carbonyl (C=O) groups excluding carboxylic acids is 2. The van der Waals surface area contributed by atoms with Gasteiger partial charge in [-0.05, 0) is 36.4 Å². The zero-order chi connectivity index (χ0) is 24.6. The van der Waals surface area contributed by atoms with Crippen LogP contribution in [0.5, 0.6) is 0 Å². The van der Waals surface area contributed by atoms with Crippen molar-refractivity contribution in [1.82, 2.24) is 19.7 Å². The molecule has 1 aliphatic heterocycles. The predicted molar refractivity (Wildman–Crippen MR) is 130 cm³/mol. The molecule has 2 heterocycles. The molecule has 1 saturated heterocycles. The van der Waals surface area contributed by atoms with Crippen molar-refractivity contribution in [2.24, 2.45) is 0 Å². The van der Waals surface area contributed by atoms with Crippen LogP contribution in [0.15, 0.2) is 53.7 Å². The maximum Gasteiger partial charge on any atom is 0.339 e. The second-order valence-corrected chi connectivity index (χ2v) is 8.74. The standard InChI is InChI=1S/C24H26FN5O4S/c1-33-23(32)19-4-2-3-5-20(19)26-21(31)16-35-24-28-27-22(17-6-8-18(25)9-7-17)30(24)11-10-29-12-14-34-15-13-29/h2-9H,10-16H2,1H3,(H,26,31). The van der Waals surface area contributed by atoms with E-state index in [-0.39, 0.29) is 23.0 Å². The van der Waals surface area contributed by atoms with Gasteiger partial charge >= 0.3 is 5.97 Å². The lowest BCUT2D eigenvalue weighted by atomic mass is 10.2. The van der Waals surface area contributed by atoms with E-state index in [4.69, 9.17) is 9.47 Å². The van der Waals surface area contributed by atoms with Crippen LogP contribution in [0.2, 0.25) is 0 Å². The Kier molecular flexibility index (Phi) is 8.45. The summed E-state index contributed by atoms with van der Waals surface area (Å²) < 4.78 is 25.6. The highest BCUT2D eigenvalue weighted by Crippen LogP contribution is 2.25.